The molecule has 0 saturated heterocycles. The minimum atomic E-state index is -4.39. The molecule has 1 unspecified atom stereocenters. The quantitative estimate of drug-likeness (QED) is 0.592. The van der Waals surface area contributed by atoms with Crippen molar-refractivity contribution in [2.45, 2.75) is 51.4 Å². The van der Waals surface area contributed by atoms with E-state index in [1.54, 1.807) is 7.05 Å². The van der Waals surface area contributed by atoms with Crippen molar-refractivity contribution in [2.24, 2.45) is 4.99 Å². The van der Waals surface area contributed by atoms with Crippen LogP contribution in [0.1, 0.15) is 35.7 Å². The number of thiazole rings is 1. The van der Waals surface area contributed by atoms with Crippen molar-refractivity contribution in [3.63, 3.8) is 0 Å². The van der Waals surface area contributed by atoms with E-state index >= 15 is 0 Å². The van der Waals surface area contributed by atoms with Crippen molar-refractivity contribution in [3.05, 3.63) is 27.7 Å². The maximum atomic E-state index is 12.6. The van der Waals surface area contributed by atoms with Gasteiger partial charge >= 0.3 is 6.18 Å². The maximum Gasteiger partial charge on any atom is 0.434 e. The molecule has 3 rings (SSSR count). The first kappa shape index (κ1) is 19.6. The van der Waals surface area contributed by atoms with Gasteiger partial charge < -0.3 is 10.6 Å². The van der Waals surface area contributed by atoms with Gasteiger partial charge in [0.05, 0.1) is 11.6 Å². The van der Waals surface area contributed by atoms with Gasteiger partial charge in [0.2, 0.25) is 0 Å². The fourth-order valence-electron chi connectivity index (χ4n) is 2.86. The second kappa shape index (κ2) is 8.24. The van der Waals surface area contributed by atoms with Crippen LogP contribution in [-0.2, 0) is 32.0 Å². The van der Waals surface area contributed by atoms with Crippen LogP contribution < -0.4 is 10.6 Å². The Kier molecular flexibility index (Phi) is 5.98. The number of hydrogen-bond acceptors (Lipinski definition) is 5. The summed E-state index contributed by atoms with van der Waals surface area (Å²) in [5.74, 6) is 2.48. The molecule has 27 heavy (non-hydrogen) atoms. The third-order valence-corrected chi connectivity index (χ3v) is 5.16. The van der Waals surface area contributed by atoms with Gasteiger partial charge in [-0.2, -0.15) is 18.3 Å². The number of aromatic nitrogens is 4. The molecule has 0 spiro atoms. The molecule has 0 amide bonds. The summed E-state index contributed by atoms with van der Waals surface area (Å²) < 4.78 is 39.7. The lowest BCUT2D eigenvalue weighted by atomic mass is 10.1. The second-order valence-corrected chi connectivity index (χ2v) is 7.18. The number of aliphatic imine (C=N–C) groups is 1. The molecular weight excluding hydrogens is 379 g/mol. The molecule has 0 radical (unpaired) electrons. The summed E-state index contributed by atoms with van der Waals surface area (Å²) in [5, 5.41) is 12.5. The van der Waals surface area contributed by atoms with Crippen LogP contribution in [0.3, 0.4) is 0 Å². The SMILES string of the molecule is CCc1nc2n(n1)CC(NC(=NC)NCCc1nc(C(F)(F)F)cs1)CC2. The summed E-state index contributed by atoms with van der Waals surface area (Å²) in [6, 6.07) is 0.173. The maximum absolute atomic E-state index is 12.6. The summed E-state index contributed by atoms with van der Waals surface area (Å²) in [5.41, 5.74) is -0.831. The predicted octanol–water partition coefficient (Wildman–Crippen LogP) is 2.04. The van der Waals surface area contributed by atoms with Crippen LogP contribution >= 0.6 is 11.3 Å². The zero-order chi connectivity index (χ0) is 19.4. The average Bonchev–Trinajstić information content (AvgIpc) is 3.26. The molecule has 3 heterocycles. The Hall–Kier alpha value is -2.17. The minimum Gasteiger partial charge on any atom is -0.356 e. The molecule has 1 aliphatic rings. The first-order valence-corrected chi connectivity index (χ1v) is 9.68. The lowest BCUT2D eigenvalue weighted by Gasteiger charge is -2.25. The molecule has 1 aliphatic heterocycles. The number of alkyl halides is 3. The third-order valence-electron chi connectivity index (χ3n) is 4.26. The van der Waals surface area contributed by atoms with E-state index in [0.717, 1.165) is 47.6 Å². The summed E-state index contributed by atoms with van der Waals surface area (Å²) >= 11 is 1.02. The first-order chi connectivity index (χ1) is 12.9. The van der Waals surface area contributed by atoms with Gasteiger partial charge in [-0.05, 0) is 6.42 Å². The monoisotopic (exact) mass is 401 g/mol. The normalized spacial score (nSPS) is 17.7. The van der Waals surface area contributed by atoms with E-state index in [9.17, 15) is 13.2 Å². The van der Waals surface area contributed by atoms with E-state index in [0.29, 0.717) is 30.5 Å². The van der Waals surface area contributed by atoms with Crippen molar-refractivity contribution < 1.29 is 13.2 Å². The van der Waals surface area contributed by atoms with Gasteiger partial charge in [-0.15, -0.1) is 11.3 Å². The standard InChI is InChI=1S/C16H22F3N7S/c1-3-12-24-13-5-4-10(8-26(13)25-12)22-15(20-2)21-7-6-14-23-11(9-27-14)16(17,18)19/h9-10H,3-8H2,1-2H3,(H2,20,21,22). The number of hydrogen-bond donors (Lipinski definition) is 2. The summed E-state index contributed by atoms with van der Waals surface area (Å²) in [6.45, 7) is 3.19. The number of nitrogens with zero attached hydrogens (tertiary/aromatic N) is 5. The number of nitrogens with one attached hydrogen (secondary N) is 2. The van der Waals surface area contributed by atoms with Crippen molar-refractivity contribution in [2.75, 3.05) is 13.6 Å². The van der Waals surface area contributed by atoms with Crippen LogP contribution in [0.2, 0.25) is 0 Å². The Morgan fingerprint density at radius 1 is 1.41 bits per heavy atom. The highest BCUT2D eigenvalue weighted by Gasteiger charge is 2.33. The molecule has 0 fully saturated rings. The van der Waals surface area contributed by atoms with E-state index in [1.165, 1.54) is 0 Å². The molecule has 7 nitrogen and oxygen atoms in total. The Balaban J connectivity index is 1.48. The van der Waals surface area contributed by atoms with Crippen molar-refractivity contribution in [3.8, 4) is 0 Å². The van der Waals surface area contributed by atoms with Crippen LogP contribution in [0.4, 0.5) is 13.2 Å². The molecule has 0 aromatic carbocycles. The van der Waals surface area contributed by atoms with Crippen LogP contribution in [0, 0.1) is 0 Å². The lowest BCUT2D eigenvalue weighted by molar-refractivity contribution is -0.140. The van der Waals surface area contributed by atoms with E-state index in [2.05, 4.69) is 30.7 Å². The van der Waals surface area contributed by atoms with Crippen LogP contribution in [0.5, 0.6) is 0 Å². The van der Waals surface area contributed by atoms with Gasteiger partial charge in [-0.3, -0.25) is 4.99 Å². The molecule has 1 atom stereocenters. The summed E-state index contributed by atoms with van der Waals surface area (Å²) in [7, 11) is 1.67. The van der Waals surface area contributed by atoms with E-state index in [-0.39, 0.29) is 6.04 Å². The average molecular weight is 401 g/mol. The van der Waals surface area contributed by atoms with E-state index in [4.69, 9.17) is 0 Å². The molecule has 148 valence electrons. The first-order valence-electron chi connectivity index (χ1n) is 8.80. The summed E-state index contributed by atoms with van der Waals surface area (Å²) in [4.78, 5) is 12.3. The highest BCUT2D eigenvalue weighted by Crippen LogP contribution is 2.30. The van der Waals surface area contributed by atoms with Crippen molar-refractivity contribution >= 4 is 17.3 Å². The Labute approximate surface area is 159 Å². The largest absolute Gasteiger partial charge is 0.434 e. The zero-order valence-corrected chi connectivity index (χ0v) is 16.0. The Bertz CT molecular complexity index is 796. The molecule has 0 bridgehead atoms. The second-order valence-electron chi connectivity index (χ2n) is 6.23. The van der Waals surface area contributed by atoms with Gasteiger partial charge in [0.25, 0.3) is 0 Å². The fraction of sp³-hybridized carbons (Fsp3) is 0.625. The molecule has 0 saturated carbocycles. The number of fused-ring (bicyclic) bond motifs is 1. The number of aryl methyl sites for hydroxylation is 2. The van der Waals surface area contributed by atoms with Gasteiger partial charge in [0, 0.05) is 44.3 Å². The van der Waals surface area contributed by atoms with Crippen molar-refractivity contribution in [1.82, 2.24) is 30.4 Å². The zero-order valence-electron chi connectivity index (χ0n) is 15.2. The fourth-order valence-corrected chi connectivity index (χ4v) is 3.66. The molecule has 11 heteroatoms. The smallest absolute Gasteiger partial charge is 0.356 e. The number of halogens is 3. The predicted molar refractivity (Wildman–Crippen MR) is 96.8 cm³/mol. The summed E-state index contributed by atoms with van der Waals surface area (Å²) in [6.07, 6.45) is -1.41. The van der Waals surface area contributed by atoms with Crippen LogP contribution in [-0.4, -0.2) is 45.3 Å². The van der Waals surface area contributed by atoms with Crippen LogP contribution in [0.15, 0.2) is 10.4 Å². The van der Waals surface area contributed by atoms with E-state index in [1.807, 2.05) is 11.6 Å². The van der Waals surface area contributed by atoms with Crippen LogP contribution in [0.25, 0.3) is 0 Å². The van der Waals surface area contributed by atoms with E-state index < -0.39 is 11.9 Å². The molecule has 2 N–H and O–H groups in total. The Morgan fingerprint density at radius 3 is 2.89 bits per heavy atom. The number of rotatable bonds is 5. The van der Waals surface area contributed by atoms with Gasteiger partial charge in [0.15, 0.2) is 17.5 Å². The molecule has 2 aromatic rings. The lowest BCUT2D eigenvalue weighted by Crippen LogP contribution is -2.47. The molecular formula is C16H22F3N7S. The van der Waals surface area contributed by atoms with Gasteiger partial charge in [0.1, 0.15) is 5.82 Å². The number of guanidine groups is 1. The topological polar surface area (TPSA) is 80.0 Å². The van der Waals surface area contributed by atoms with Gasteiger partial charge in [-0.1, -0.05) is 6.92 Å². The van der Waals surface area contributed by atoms with Crippen molar-refractivity contribution in [1.29, 1.82) is 0 Å². The third kappa shape index (κ3) is 4.96. The highest BCUT2D eigenvalue weighted by molar-refractivity contribution is 7.09. The molecule has 0 aliphatic carbocycles. The minimum absolute atomic E-state index is 0.173. The highest BCUT2D eigenvalue weighted by atomic mass is 32.1. The molecule has 2 aromatic heterocycles. The van der Waals surface area contributed by atoms with Gasteiger partial charge in [-0.25, -0.2) is 14.6 Å². The Morgan fingerprint density at radius 2 is 2.22 bits per heavy atom.